The molecule has 24 heavy (non-hydrogen) atoms. The van der Waals surface area contributed by atoms with E-state index in [2.05, 4.69) is 15.5 Å². The Balaban J connectivity index is 2.88. The summed E-state index contributed by atoms with van der Waals surface area (Å²) < 4.78 is 15.1. The monoisotopic (exact) mass is 410 g/mol. The van der Waals surface area contributed by atoms with Gasteiger partial charge in [-0.15, -0.1) is 23.2 Å². The van der Waals surface area contributed by atoms with E-state index in [1.165, 1.54) is 0 Å². The molecule has 0 aliphatic rings. The summed E-state index contributed by atoms with van der Waals surface area (Å²) in [5, 5.41) is 9.34. The molecule has 136 valence electrons. The first-order chi connectivity index (χ1) is 11.3. The van der Waals surface area contributed by atoms with Crippen LogP contribution in [0.1, 0.15) is 19.4 Å². The lowest BCUT2D eigenvalue weighted by atomic mass is 10.2. The second-order valence-electron chi connectivity index (χ2n) is 5.62. The second kappa shape index (κ2) is 10.6. The fourth-order valence-electron chi connectivity index (χ4n) is 2.06. The number of nitrogens with one attached hydrogen (secondary N) is 3. The van der Waals surface area contributed by atoms with Crippen molar-refractivity contribution in [1.82, 2.24) is 14.8 Å². The summed E-state index contributed by atoms with van der Waals surface area (Å²) in [6.45, 7) is 6.73. The van der Waals surface area contributed by atoms with Crippen LogP contribution >= 0.6 is 43.0 Å². The number of rotatable bonds is 9. The average Bonchev–Trinajstić information content (AvgIpc) is 2.48. The molecule has 0 aliphatic carbocycles. The van der Waals surface area contributed by atoms with Gasteiger partial charge in [-0.3, -0.25) is 9.65 Å². The minimum Gasteiger partial charge on any atom is -0.332 e. The number of nitrogens with zero attached hydrogens (tertiary/aromatic N) is 1. The molecule has 0 aromatic heterocycles. The molecule has 0 heterocycles. The van der Waals surface area contributed by atoms with Crippen LogP contribution in [-0.4, -0.2) is 40.7 Å². The minimum absolute atomic E-state index is 0.00124. The third-order valence-electron chi connectivity index (χ3n) is 3.08. The number of alkyl halides is 2. The van der Waals surface area contributed by atoms with Crippen molar-refractivity contribution < 1.29 is 4.57 Å². The Morgan fingerprint density at radius 3 is 2.21 bits per heavy atom. The van der Waals surface area contributed by atoms with Crippen LogP contribution in [0.4, 0.5) is 5.69 Å². The quantitative estimate of drug-likeness (QED) is 0.322. The van der Waals surface area contributed by atoms with Crippen LogP contribution in [0.5, 0.6) is 0 Å². The van der Waals surface area contributed by atoms with Gasteiger partial charge in [-0.2, -0.15) is 0 Å². The lowest BCUT2D eigenvalue weighted by molar-refractivity contribution is 0.425. The summed E-state index contributed by atoms with van der Waals surface area (Å²) in [5.74, 6) is 0.695. The van der Waals surface area contributed by atoms with Crippen LogP contribution in [0.25, 0.3) is 0 Å². The van der Waals surface area contributed by atoms with Crippen molar-refractivity contribution in [3.8, 4) is 0 Å². The third-order valence-corrected chi connectivity index (χ3v) is 6.36. The zero-order chi connectivity index (χ0) is 18.2. The molecule has 0 saturated heterocycles. The van der Waals surface area contributed by atoms with Crippen LogP contribution in [0.15, 0.2) is 24.3 Å². The van der Waals surface area contributed by atoms with Gasteiger partial charge in [0.05, 0.1) is 0 Å². The van der Waals surface area contributed by atoms with Crippen molar-refractivity contribution in [2.75, 3.05) is 30.2 Å². The van der Waals surface area contributed by atoms with Gasteiger partial charge in [-0.05, 0) is 45.1 Å². The predicted molar refractivity (Wildman–Crippen MR) is 109 cm³/mol. The second-order valence-corrected chi connectivity index (χ2v) is 8.99. The largest absolute Gasteiger partial charge is 0.332 e. The van der Waals surface area contributed by atoms with Gasteiger partial charge >= 0.3 is 7.59 Å². The molecule has 0 amide bonds. The van der Waals surface area contributed by atoms with E-state index in [9.17, 15) is 4.57 Å². The lowest BCUT2D eigenvalue weighted by Gasteiger charge is -2.33. The number of hydrogen-bond donors (Lipinski definition) is 3. The third kappa shape index (κ3) is 7.26. The lowest BCUT2D eigenvalue weighted by Crippen LogP contribution is -2.43. The Bertz CT molecular complexity index is 565. The molecule has 0 bridgehead atoms. The summed E-state index contributed by atoms with van der Waals surface area (Å²) in [6, 6.07) is 7.78. The highest BCUT2D eigenvalue weighted by Crippen LogP contribution is 2.41. The van der Waals surface area contributed by atoms with Gasteiger partial charge in [0.25, 0.3) is 0 Å². The fraction of sp³-hybridized carbons (Fsp3) is 0.533. The smallest absolute Gasteiger partial charge is 0.308 e. The van der Waals surface area contributed by atoms with E-state index in [-0.39, 0.29) is 11.2 Å². The highest BCUT2D eigenvalue weighted by Gasteiger charge is 2.31. The number of hydrogen-bond acceptors (Lipinski definition) is 2. The fourth-order valence-corrected chi connectivity index (χ4v) is 5.35. The van der Waals surface area contributed by atoms with Crippen molar-refractivity contribution in [1.29, 1.82) is 0 Å². The van der Waals surface area contributed by atoms with E-state index in [1.807, 2.05) is 45.0 Å². The first kappa shape index (κ1) is 21.7. The van der Waals surface area contributed by atoms with Crippen LogP contribution < -0.4 is 15.5 Å². The molecule has 0 fully saturated rings. The van der Waals surface area contributed by atoms with Crippen molar-refractivity contribution in [2.24, 2.45) is 0 Å². The first-order valence-electron chi connectivity index (χ1n) is 7.72. The van der Waals surface area contributed by atoms with Gasteiger partial charge in [0.15, 0.2) is 5.11 Å². The van der Waals surface area contributed by atoms with E-state index in [0.717, 1.165) is 11.3 Å². The van der Waals surface area contributed by atoms with Crippen LogP contribution in [0.2, 0.25) is 0 Å². The summed E-state index contributed by atoms with van der Waals surface area (Å²) in [5.41, 5.74) is 1.98. The summed E-state index contributed by atoms with van der Waals surface area (Å²) in [6.07, 6.45) is 0. The molecule has 1 aromatic carbocycles. The van der Waals surface area contributed by atoms with Gasteiger partial charge in [-0.25, -0.2) is 9.76 Å². The van der Waals surface area contributed by atoms with Crippen LogP contribution in [-0.2, 0) is 4.57 Å². The van der Waals surface area contributed by atoms with Crippen molar-refractivity contribution in [3.63, 3.8) is 0 Å². The van der Waals surface area contributed by atoms with E-state index >= 15 is 0 Å². The molecule has 1 aromatic rings. The molecule has 3 N–H and O–H groups in total. The number of aryl methyl sites for hydroxylation is 1. The van der Waals surface area contributed by atoms with E-state index < -0.39 is 7.59 Å². The standard InChI is InChI=1S/C15H25Cl2N4OPS/c1-12(2)19-23(22,21(10-8-16)11-9-17)20-15(24)18-14-6-4-13(3)5-7-14/h4-7,12H,8-11H2,1-3H3,(H3,18,19,20,22,24). The van der Waals surface area contributed by atoms with Gasteiger partial charge in [0.1, 0.15) is 0 Å². The maximum atomic E-state index is 13.4. The number of halogens is 2. The maximum absolute atomic E-state index is 13.4. The van der Waals surface area contributed by atoms with E-state index in [4.69, 9.17) is 35.4 Å². The molecule has 0 aliphatic heterocycles. The highest BCUT2D eigenvalue weighted by molar-refractivity contribution is 7.81. The maximum Gasteiger partial charge on any atom is 0.308 e. The molecule has 1 rings (SSSR count). The molecule has 5 nitrogen and oxygen atoms in total. The molecule has 1 atom stereocenters. The highest BCUT2D eigenvalue weighted by atomic mass is 35.5. The van der Waals surface area contributed by atoms with Gasteiger partial charge in [0, 0.05) is 36.6 Å². The molecule has 0 saturated carbocycles. The van der Waals surface area contributed by atoms with Crippen LogP contribution in [0, 0.1) is 6.92 Å². The van der Waals surface area contributed by atoms with E-state index in [0.29, 0.717) is 24.8 Å². The van der Waals surface area contributed by atoms with Gasteiger partial charge < -0.3 is 5.32 Å². The Morgan fingerprint density at radius 1 is 1.21 bits per heavy atom. The Labute approximate surface area is 160 Å². The zero-order valence-corrected chi connectivity index (χ0v) is 17.4. The Kier molecular flexibility index (Phi) is 9.57. The summed E-state index contributed by atoms with van der Waals surface area (Å²) >= 11 is 17.0. The Hall–Kier alpha value is -0.360. The SMILES string of the molecule is Cc1ccc(NC(=S)NP(=O)(NC(C)C)N(CCCl)CCCl)cc1. The number of benzene rings is 1. The summed E-state index contributed by atoms with van der Waals surface area (Å²) in [7, 11) is -3.16. The number of anilines is 1. The minimum atomic E-state index is -3.16. The normalized spacial score (nSPS) is 13.8. The predicted octanol–water partition coefficient (Wildman–Crippen LogP) is 4.17. The van der Waals surface area contributed by atoms with Crippen molar-refractivity contribution in [3.05, 3.63) is 29.8 Å². The number of thiocarbonyl (C=S) groups is 1. The molecular weight excluding hydrogens is 386 g/mol. The molecule has 9 heteroatoms. The summed E-state index contributed by atoms with van der Waals surface area (Å²) in [4.78, 5) is 0. The van der Waals surface area contributed by atoms with Crippen LogP contribution in [0.3, 0.4) is 0 Å². The molecule has 0 spiro atoms. The molecular formula is C15H25Cl2N4OPS. The van der Waals surface area contributed by atoms with Gasteiger partial charge in [-0.1, -0.05) is 17.7 Å². The topological polar surface area (TPSA) is 56.4 Å². The van der Waals surface area contributed by atoms with Crippen molar-refractivity contribution >= 4 is 53.8 Å². The van der Waals surface area contributed by atoms with Crippen molar-refractivity contribution in [2.45, 2.75) is 26.8 Å². The van der Waals surface area contributed by atoms with E-state index in [1.54, 1.807) is 4.67 Å². The first-order valence-corrected chi connectivity index (χ1v) is 10.9. The average molecular weight is 411 g/mol. The zero-order valence-electron chi connectivity index (χ0n) is 14.2. The Morgan fingerprint density at radius 2 is 1.75 bits per heavy atom. The van der Waals surface area contributed by atoms with Gasteiger partial charge in [0.2, 0.25) is 0 Å². The molecule has 0 radical (unpaired) electrons. The molecule has 1 unspecified atom stereocenters.